The van der Waals surface area contributed by atoms with E-state index in [2.05, 4.69) is 36.4 Å². The Morgan fingerprint density at radius 3 is 2.32 bits per heavy atom. The lowest BCUT2D eigenvalue weighted by molar-refractivity contribution is -0.138. The van der Waals surface area contributed by atoms with Crippen molar-refractivity contribution >= 4 is 25.3 Å². The van der Waals surface area contributed by atoms with Gasteiger partial charge in [0, 0.05) is 12.0 Å². The molecule has 0 amide bonds. The Kier molecular flexibility index (Phi) is 5.65. The summed E-state index contributed by atoms with van der Waals surface area (Å²) in [6, 6.07) is 13.6. The standard InChI is InChI=1S/C21H25N3O3Si/c1-15(2)21(25)26-13-12-16-10-11-20(27-28(3,4)5)19(14-16)24-22-17-8-6-7-9-18(17)23-24/h6-11,14H,1,12-13H2,2-5H3. The highest BCUT2D eigenvalue weighted by atomic mass is 28.4. The fourth-order valence-electron chi connectivity index (χ4n) is 2.64. The van der Waals surface area contributed by atoms with Crippen LogP contribution in [0.4, 0.5) is 0 Å². The molecule has 3 aromatic rings. The Hall–Kier alpha value is -2.93. The van der Waals surface area contributed by atoms with Gasteiger partial charge in [0.25, 0.3) is 0 Å². The number of carbonyl (C=O) groups is 1. The maximum absolute atomic E-state index is 11.6. The van der Waals surface area contributed by atoms with Crippen LogP contribution >= 0.6 is 0 Å². The summed E-state index contributed by atoms with van der Waals surface area (Å²) in [7, 11) is -1.82. The average molecular weight is 396 g/mol. The summed E-state index contributed by atoms with van der Waals surface area (Å²) >= 11 is 0. The highest BCUT2D eigenvalue weighted by Crippen LogP contribution is 2.27. The zero-order valence-corrected chi connectivity index (χ0v) is 17.7. The number of esters is 1. The molecule has 0 saturated carbocycles. The minimum absolute atomic E-state index is 0.286. The second-order valence-electron chi connectivity index (χ2n) is 7.66. The molecule has 0 aliphatic carbocycles. The van der Waals surface area contributed by atoms with Crippen LogP contribution in [0.5, 0.6) is 5.75 Å². The third-order valence-electron chi connectivity index (χ3n) is 3.91. The maximum atomic E-state index is 11.6. The van der Waals surface area contributed by atoms with E-state index in [1.165, 1.54) is 0 Å². The third kappa shape index (κ3) is 4.86. The van der Waals surface area contributed by atoms with Crippen LogP contribution in [-0.4, -0.2) is 35.9 Å². The Morgan fingerprint density at radius 1 is 1.11 bits per heavy atom. The van der Waals surface area contributed by atoms with E-state index in [1.807, 2.05) is 42.5 Å². The van der Waals surface area contributed by atoms with E-state index in [9.17, 15) is 4.79 Å². The van der Waals surface area contributed by atoms with Gasteiger partial charge in [-0.2, -0.15) is 0 Å². The number of hydrogen-bond acceptors (Lipinski definition) is 5. The van der Waals surface area contributed by atoms with Crippen LogP contribution in [0.25, 0.3) is 16.7 Å². The molecule has 0 saturated heterocycles. The zero-order valence-electron chi connectivity index (χ0n) is 16.7. The van der Waals surface area contributed by atoms with Gasteiger partial charge in [-0.3, -0.25) is 0 Å². The van der Waals surface area contributed by atoms with E-state index >= 15 is 0 Å². The molecule has 7 heteroatoms. The summed E-state index contributed by atoms with van der Waals surface area (Å²) in [6.07, 6.45) is 0.583. The fourth-order valence-corrected chi connectivity index (χ4v) is 3.48. The van der Waals surface area contributed by atoms with E-state index < -0.39 is 8.32 Å². The topological polar surface area (TPSA) is 66.2 Å². The zero-order chi connectivity index (χ0) is 20.3. The van der Waals surface area contributed by atoms with E-state index in [1.54, 1.807) is 11.7 Å². The predicted octanol–water partition coefficient (Wildman–Crippen LogP) is 4.30. The number of rotatable bonds is 7. The highest BCUT2D eigenvalue weighted by molar-refractivity contribution is 6.70. The monoisotopic (exact) mass is 395 g/mol. The first-order valence-electron chi connectivity index (χ1n) is 9.20. The van der Waals surface area contributed by atoms with Gasteiger partial charge < -0.3 is 9.16 Å². The maximum Gasteiger partial charge on any atom is 0.333 e. The normalized spacial score (nSPS) is 11.4. The molecule has 0 radical (unpaired) electrons. The van der Waals surface area contributed by atoms with Crippen molar-refractivity contribution in [2.45, 2.75) is 33.0 Å². The van der Waals surface area contributed by atoms with Gasteiger partial charge in [-0.1, -0.05) is 24.8 Å². The smallest absolute Gasteiger partial charge is 0.333 e. The third-order valence-corrected chi connectivity index (χ3v) is 4.75. The van der Waals surface area contributed by atoms with E-state index in [-0.39, 0.29) is 12.6 Å². The van der Waals surface area contributed by atoms with Gasteiger partial charge in [0.05, 0.1) is 6.61 Å². The average Bonchev–Trinajstić information content (AvgIpc) is 3.05. The van der Waals surface area contributed by atoms with E-state index in [0.29, 0.717) is 12.0 Å². The minimum Gasteiger partial charge on any atom is -0.543 e. The number of fused-ring (bicyclic) bond motifs is 1. The Bertz CT molecular complexity index is 988. The molecule has 0 unspecified atom stereocenters. The number of aromatic nitrogens is 3. The molecule has 146 valence electrons. The van der Waals surface area contributed by atoms with Crippen molar-refractivity contribution in [3.05, 3.63) is 60.2 Å². The summed E-state index contributed by atoms with van der Waals surface area (Å²) in [4.78, 5) is 13.2. The van der Waals surface area contributed by atoms with Crippen LogP contribution in [-0.2, 0) is 16.0 Å². The lowest BCUT2D eigenvalue weighted by Gasteiger charge is -2.21. The summed E-state index contributed by atoms with van der Waals surface area (Å²) in [5.74, 6) is 0.376. The quantitative estimate of drug-likeness (QED) is 0.339. The SMILES string of the molecule is C=C(C)C(=O)OCCc1ccc(O[Si](C)(C)C)c(-n2nc3ccccc3n2)c1. The molecule has 28 heavy (non-hydrogen) atoms. The molecule has 0 aliphatic rings. The van der Waals surface area contributed by atoms with Gasteiger partial charge in [-0.15, -0.1) is 15.0 Å². The van der Waals surface area contributed by atoms with E-state index in [0.717, 1.165) is 28.0 Å². The van der Waals surface area contributed by atoms with Gasteiger partial charge in [0.1, 0.15) is 22.5 Å². The van der Waals surface area contributed by atoms with Crippen molar-refractivity contribution in [2.24, 2.45) is 0 Å². The van der Waals surface area contributed by atoms with Crippen LogP contribution in [0, 0.1) is 0 Å². The molecule has 3 rings (SSSR count). The summed E-state index contributed by atoms with van der Waals surface area (Å²) in [5.41, 5.74) is 3.83. The van der Waals surface area contributed by atoms with E-state index in [4.69, 9.17) is 9.16 Å². The van der Waals surface area contributed by atoms with Crippen LogP contribution in [0.3, 0.4) is 0 Å². The first-order valence-corrected chi connectivity index (χ1v) is 12.6. The Morgan fingerprint density at radius 2 is 1.75 bits per heavy atom. The molecule has 0 aliphatic heterocycles. The first-order chi connectivity index (χ1) is 13.2. The highest BCUT2D eigenvalue weighted by Gasteiger charge is 2.20. The van der Waals surface area contributed by atoms with Gasteiger partial charge in [-0.25, -0.2) is 4.79 Å². The molecule has 6 nitrogen and oxygen atoms in total. The predicted molar refractivity (Wildman–Crippen MR) is 112 cm³/mol. The molecule has 2 aromatic carbocycles. The number of hydrogen-bond donors (Lipinski definition) is 0. The van der Waals surface area contributed by atoms with Crippen molar-refractivity contribution in [1.29, 1.82) is 0 Å². The van der Waals surface area contributed by atoms with Gasteiger partial charge in [0.2, 0.25) is 8.32 Å². The Labute approximate surface area is 165 Å². The lowest BCUT2D eigenvalue weighted by Crippen LogP contribution is -2.30. The number of nitrogens with zero attached hydrogens (tertiary/aromatic N) is 3. The molecule has 1 heterocycles. The molecule has 0 fully saturated rings. The van der Waals surface area contributed by atoms with Crippen molar-refractivity contribution in [3.63, 3.8) is 0 Å². The second kappa shape index (κ2) is 7.98. The molecule has 0 N–H and O–H groups in total. The summed E-state index contributed by atoms with van der Waals surface area (Å²) < 4.78 is 11.5. The summed E-state index contributed by atoms with van der Waals surface area (Å²) in [6.45, 7) is 11.9. The molecular formula is C21H25N3O3Si. The van der Waals surface area contributed by atoms with Crippen LogP contribution < -0.4 is 4.43 Å². The number of ether oxygens (including phenoxy) is 1. The van der Waals surface area contributed by atoms with Gasteiger partial charge >= 0.3 is 5.97 Å². The fraction of sp³-hybridized carbons (Fsp3) is 0.286. The largest absolute Gasteiger partial charge is 0.543 e. The van der Waals surface area contributed by atoms with Crippen molar-refractivity contribution in [3.8, 4) is 11.4 Å². The number of carbonyl (C=O) groups excluding carboxylic acids is 1. The Balaban J connectivity index is 1.91. The van der Waals surface area contributed by atoms with Crippen LogP contribution in [0.1, 0.15) is 12.5 Å². The second-order valence-corrected chi connectivity index (χ2v) is 12.1. The van der Waals surface area contributed by atoms with Gasteiger partial charge in [0.15, 0.2) is 0 Å². The van der Waals surface area contributed by atoms with Crippen molar-refractivity contribution < 1.29 is 14.0 Å². The lowest BCUT2D eigenvalue weighted by atomic mass is 10.1. The molecule has 0 bridgehead atoms. The summed E-state index contributed by atoms with van der Waals surface area (Å²) in [5, 5.41) is 9.18. The number of benzene rings is 2. The van der Waals surface area contributed by atoms with Crippen molar-refractivity contribution in [2.75, 3.05) is 6.61 Å². The van der Waals surface area contributed by atoms with Crippen molar-refractivity contribution in [1.82, 2.24) is 15.0 Å². The molecule has 1 aromatic heterocycles. The first kappa shape index (κ1) is 19.8. The molecule has 0 atom stereocenters. The minimum atomic E-state index is -1.82. The molecule has 0 spiro atoms. The molecular weight excluding hydrogens is 370 g/mol. The van der Waals surface area contributed by atoms with Crippen LogP contribution in [0.2, 0.25) is 19.6 Å². The van der Waals surface area contributed by atoms with Crippen LogP contribution in [0.15, 0.2) is 54.6 Å². The van der Waals surface area contributed by atoms with Gasteiger partial charge in [-0.05, 0) is 56.4 Å².